The summed E-state index contributed by atoms with van der Waals surface area (Å²) in [6.07, 6.45) is 0.214. The van der Waals surface area contributed by atoms with Crippen molar-refractivity contribution in [1.82, 2.24) is 9.47 Å². The Hall–Kier alpha value is -1.33. The van der Waals surface area contributed by atoms with Crippen LogP contribution in [0, 0.1) is 0 Å². The molecule has 0 saturated heterocycles. The monoisotopic (exact) mass is 322 g/mol. The highest BCUT2D eigenvalue weighted by atomic mass is 79.9. The van der Waals surface area contributed by atoms with E-state index in [0.29, 0.717) is 6.54 Å². The Kier molecular flexibility index (Phi) is 3.33. The quantitative estimate of drug-likeness (QED) is 0.945. The highest BCUT2D eigenvalue weighted by molar-refractivity contribution is 9.10. The van der Waals surface area contributed by atoms with Gasteiger partial charge < -0.3 is 9.67 Å². The number of carboxylic acids is 1. The number of aromatic nitrogens is 1. The third kappa shape index (κ3) is 2.53. The van der Waals surface area contributed by atoms with Gasteiger partial charge in [-0.15, -0.1) is 0 Å². The second-order valence-corrected chi connectivity index (χ2v) is 5.83. The molecule has 0 spiro atoms. The topological polar surface area (TPSA) is 45.5 Å². The molecule has 2 heterocycles. The zero-order valence-corrected chi connectivity index (χ0v) is 12.1. The maximum Gasteiger partial charge on any atom is 0.304 e. The fourth-order valence-electron chi connectivity index (χ4n) is 2.69. The average Bonchev–Trinajstić information content (AvgIpc) is 2.72. The van der Waals surface area contributed by atoms with Crippen molar-refractivity contribution in [2.75, 3.05) is 13.1 Å². The zero-order valence-electron chi connectivity index (χ0n) is 10.5. The first-order chi connectivity index (χ1) is 9.13. The molecule has 3 rings (SSSR count). The van der Waals surface area contributed by atoms with Crippen LogP contribution in [0.5, 0.6) is 0 Å². The van der Waals surface area contributed by atoms with Gasteiger partial charge in [0, 0.05) is 47.2 Å². The van der Waals surface area contributed by atoms with Gasteiger partial charge in [-0.25, -0.2) is 0 Å². The highest BCUT2D eigenvalue weighted by Crippen LogP contribution is 2.26. The van der Waals surface area contributed by atoms with E-state index < -0.39 is 5.97 Å². The molecule has 0 aliphatic carbocycles. The van der Waals surface area contributed by atoms with Crippen LogP contribution >= 0.6 is 15.9 Å². The summed E-state index contributed by atoms with van der Waals surface area (Å²) in [7, 11) is 0. The smallest absolute Gasteiger partial charge is 0.304 e. The highest BCUT2D eigenvalue weighted by Gasteiger charge is 2.18. The number of aliphatic carboxylic acids is 1. The lowest BCUT2D eigenvalue weighted by Crippen LogP contribution is -2.34. The number of carboxylic acid groups (broad SMARTS) is 1. The van der Waals surface area contributed by atoms with Gasteiger partial charge in [0.2, 0.25) is 0 Å². The van der Waals surface area contributed by atoms with Crippen LogP contribution in [0.25, 0.3) is 10.9 Å². The Bertz CT molecular complexity index is 636. The molecular formula is C14H15BrN2O2. The van der Waals surface area contributed by atoms with Crippen LogP contribution in [-0.2, 0) is 17.9 Å². The van der Waals surface area contributed by atoms with Gasteiger partial charge in [0.1, 0.15) is 0 Å². The van der Waals surface area contributed by atoms with Crippen molar-refractivity contribution in [2.24, 2.45) is 0 Å². The summed E-state index contributed by atoms with van der Waals surface area (Å²) < 4.78 is 3.42. The normalized spacial score (nSPS) is 15.6. The number of hydrogen-bond donors (Lipinski definition) is 1. The minimum absolute atomic E-state index is 0.214. The molecule has 0 bridgehead atoms. The zero-order chi connectivity index (χ0) is 13.4. The van der Waals surface area contributed by atoms with Crippen LogP contribution in [0.3, 0.4) is 0 Å². The largest absolute Gasteiger partial charge is 0.481 e. The molecule has 2 aromatic rings. The minimum atomic E-state index is -0.727. The maximum atomic E-state index is 10.6. The van der Waals surface area contributed by atoms with E-state index in [0.717, 1.165) is 24.1 Å². The van der Waals surface area contributed by atoms with Crippen LogP contribution < -0.4 is 0 Å². The lowest BCUT2D eigenvalue weighted by Gasteiger charge is -2.28. The van der Waals surface area contributed by atoms with Gasteiger partial charge in [0.25, 0.3) is 0 Å². The van der Waals surface area contributed by atoms with E-state index in [1.165, 1.54) is 16.6 Å². The molecular weight excluding hydrogens is 308 g/mol. The first-order valence-electron chi connectivity index (χ1n) is 6.35. The Morgan fingerprint density at radius 1 is 1.32 bits per heavy atom. The minimum Gasteiger partial charge on any atom is -0.481 e. The van der Waals surface area contributed by atoms with Crippen molar-refractivity contribution in [3.8, 4) is 0 Å². The van der Waals surface area contributed by atoms with E-state index in [4.69, 9.17) is 5.11 Å². The van der Waals surface area contributed by atoms with Gasteiger partial charge in [-0.1, -0.05) is 15.9 Å². The molecule has 5 heteroatoms. The fourth-order valence-corrected chi connectivity index (χ4v) is 3.07. The third-order valence-electron chi connectivity index (χ3n) is 3.62. The molecule has 0 fully saturated rings. The summed E-state index contributed by atoms with van der Waals surface area (Å²) in [6.45, 7) is 3.31. The van der Waals surface area contributed by atoms with Crippen molar-refractivity contribution in [1.29, 1.82) is 0 Å². The molecule has 0 amide bonds. The maximum absolute atomic E-state index is 10.6. The van der Waals surface area contributed by atoms with Crippen molar-refractivity contribution >= 4 is 32.8 Å². The first kappa shape index (κ1) is 12.7. The lowest BCUT2D eigenvalue weighted by molar-refractivity contribution is -0.137. The molecule has 1 aromatic carbocycles. The molecule has 1 N–H and O–H groups in total. The molecule has 0 radical (unpaired) electrons. The average molecular weight is 323 g/mol. The number of halogens is 1. The summed E-state index contributed by atoms with van der Waals surface area (Å²) in [4.78, 5) is 12.8. The van der Waals surface area contributed by atoms with Crippen LogP contribution in [0.4, 0.5) is 0 Å². The molecule has 1 aliphatic rings. The summed E-state index contributed by atoms with van der Waals surface area (Å²) >= 11 is 3.49. The first-order valence-corrected chi connectivity index (χ1v) is 7.14. The Labute approximate surface area is 119 Å². The second kappa shape index (κ2) is 4.98. The van der Waals surface area contributed by atoms with Gasteiger partial charge >= 0.3 is 5.97 Å². The van der Waals surface area contributed by atoms with E-state index in [1.807, 2.05) is 0 Å². The van der Waals surface area contributed by atoms with Crippen molar-refractivity contribution in [3.63, 3.8) is 0 Å². The Balaban J connectivity index is 1.85. The molecule has 4 nitrogen and oxygen atoms in total. The molecule has 0 atom stereocenters. The summed E-state index contributed by atoms with van der Waals surface area (Å²) in [6, 6.07) is 8.53. The number of carbonyl (C=O) groups is 1. The molecule has 19 heavy (non-hydrogen) atoms. The SMILES string of the molecule is O=C(O)CCN1CCn2c(cc3cc(Br)ccc32)C1. The van der Waals surface area contributed by atoms with E-state index >= 15 is 0 Å². The second-order valence-electron chi connectivity index (χ2n) is 4.91. The van der Waals surface area contributed by atoms with Crippen LogP contribution in [0.15, 0.2) is 28.7 Å². The van der Waals surface area contributed by atoms with Gasteiger partial charge in [0.05, 0.1) is 6.42 Å². The van der Waals surface area contributed by atoms with Crippen LogP contribution in [0.2, 0.25) is 0 Å². The van der Waals surface area contributed by atoms with Crippen molar-refractivity contribution in [3.05, 3.63) is 34.4 Å². The third-order valence-corrected chi connectivity index (χ3v) is 4.11. The lowest BCUT2D eigenvalue weighted by atomic mass is 10.2. The fraction of sp³-hybridized carbons (Fsp3) is 0.357. The molecule has 1 aromatic heterocycles. The van der Waals surface area contributed by atoms with E-state index in [9.17, 15) is 4.79 Å². The summed E-state index contributed by atoms with van der Waals surface area (Å²) in [5.74, 6) is -0.727. The van der Waals surface area contributed by atoms with Gasteiger partial charge in [-0.2, -0.15) is 0 Å². The standard InChI is InChI=1S/C14H15BrN2O2/c15-11-1-2-13-10(7-11)8-12-9-16(4-3-14(18)19)5-6-17(12)13/h1-2,7-8H,3-6,9H2,(H,18,19). The van der Waals surface area contributed by atoms with Crippen LogP contribution in [0.1, 0.15) is 12.1 Å². The van der Waals surface area contributed by atoms with Gasteiger partial charge in [0.15, 0.2) is 0 Å². The van der Waals surface area contributed by atoms with Crippen LogP contribution in [-0.4, -0.2) is 33.6 Å². The van der Waals surface area contributed by atoms with Gasteiger partial charge in [-0.3, -0.25) is 9.69 Å². The Morgan fingerprint density at radius 3 is 2.95 bits per heavy atom. The summed E-state index contributed by atoms with van der Waals surface area (Å²) in [5.41, 5.74) is 2.53. The molecule has 0 saturated carbocycles. The predicted octanol–water partition coefficient (Wildman–Crippen LogP) is 2.69. The number of nitrogens with zero attached hydrogens (tertiary/aromatic N) is 2. The summed E-state index contributed by atoms with van der Waals surface area (Å²) in [5, 5.41) is 9.99. The van der Waals surface area contributed by atoms with E-state index in [2.05, 4.69) is 49.7 Å². The number of rotatable bonds is 3. The van der Waals surface area contributed by atoms with Gasteiger partial charge in [-0.05, 0) is 24.3 Å². The predicted molar refractivity (Wildman–Crippen MR) is 77.2 cm³/mol. The number of hydrogen-bond acceptors (Lipinski definition) is 2. The molecule has 1 aliphatic heterocycles. The molecule has 0 unspecified atom stereocenters. The molecule has 100 valence electrons. The Morgan fingerprint density at radius 2 is 2.16 bits per heavy atom. The van der Waals surface area contributed by atoms with Crippen molar-refractivity contribution in [2.45, 2.75) is 19.5 Å². The van der Waals surface area contributed by atoms with Crippen molar-refractivity contribution < 1.29 is 9.90 Å². The van der Waals surface area contributed by atoms with E-state index in [-0.39, 0.29) is 6.42 Å². The number of fused-ring (bicyclic) bond motifs is 3. The number of benzene rings is 1. The van der Waals surface area contributed by atoms with E-state index in [1.54, 1.807) is 0 Å².